The molecule has 4 rings (SSSR count). The number of aryl methyl sites for hydroxylation is 3. The van der Waals surface area contributed by atoms with Crippen LogP contribution in [0, 0.1) is 23.4 Å². The molecule has 1 heterocycles. The van der Waals surface area contributed by atoms with E-state index in [1.807, 2.05) is 12.1 Å². The van der Waals surface area contributed by atoms with Gasteiger partial charge in [-0.25, -0.2) is 13.2 Å². The van der Waals surface area contributed by atoms with Crippen molar-refractivity contribution in [1.29, 1.82) is 0 Å². The number of hydrogen-bond acceptors (Lipinski definition) is 4. The van der Waals surface area contributed by atoms with Gasteiger partial charge in [-0.3, -0.25) is 0 Å². The predicted octanol–water partition coefficient (Wildman–Crippen LogP) is 7.33. The first-order valence-electron chi connectivity index (χ1n) is 13.2. The van der Waals surface area contributed by atoms with Crippen LogP contribution in [0.15, 0.2) is 42.5 Å². The van der Waals surface area contributed by atoms with Gasteiger partial charge in [-0.15, -0.1) is 0 Å². The molecule has 40 heavy (non-hydrogen) atoms. The maximum Gasteiger partial charge on any atom is 0.422 e. The van der Waals surface area contributed by atoms with Crippen LogP contribution >= 0.6 is 0 Å². The van der Waals surface area contributed by atoms with Crippen molar-refractivity contribution in [2.24, 2.45) is 5.92 Å². The number of halogens is 6. The van der Waals surface area contributed by atoms with E-state index in [1.54, 1.807) is 25.3 Å². The van der Waals surface area contributed by atoms with Crippen molar-refractivity contribution in [3.63, 3.8) is 0 Å². The fourth-order valence-corrected chi connectivity index (χ4v) is 4.78. The molecule has 0 atom stereocenters. The molecule has 1 fully saturated rings. The molecule has 4 nitrogen and oxygen atoms in total. The van der Waals surface area contributed by atoms with Crippen LogP contribution in [0.2, 0.25) is 0 Å². The Morgan fingerprint density at radius 3 is 2.25 bits per heavy atom. The van der Waals surface area contributed by atoms with E-state index >= 15 is 4.39 Å². The zero-order valence-electron chi connectivity index (χ0n) is 22.2. The largest absolute Gasteiger partial charge is 0.478 e. The van der Waals surface area contributed by atoms with Crippen molar-refractivity contribution in [1.82, 2.24) is 0 Å². The Labute approximate surface area is 229 Å². The number of fused-ring (bicyclic) bond motifs is 1. The van der Waals surface area contributed by atoms with Crippen LogP contribution < -0.4 is 4.74 Å². The van der Waals surface area contributed by atoms with E-state index in [1.165, 1.54) is 0 Å². The molecule has 0 radical (unpaired) electrons. The van der Waals surface area contributed by atoms with Crippen LogP contribution in [-0.4, -0.2) is 46.0 Å². The highest BCUT2D eigenvalue weighted by atomic mass is 19.4. The van der Waals surface area contributed by atoms with Gasteiger partial charge < -0.3 is 18.9 Å². The molecule has 0 N–H and O–H groups in total. The number of methoxy groups -OCH3 is 1. The summed E-state index contributed by atoms with van der Waals surface area (Å²) in [5, 5.41) is 1.16. The van der Waals surface area contributed by atoms with E-state index < -0.39 is 36.0 Å². The lowest BCUT2D eigenvalue weighted by Crippen LogP contribution is -2.32. The average Bonchev–Trinajstić information content (AvgIpc) is 2.91. The van der Waals surface area contributed by atoms with Crippen LogP contribution in [0.3, 0.4) is 0 Å². The van der Waals surface area contributed by atoms with Crippen molar-refractivity contribution in [2.45, 2.75) is 51.0 Å². The fraction of sp³-hybridized carbons (Fsp3) is 0.467. The Hall–Kier alpha value is -2.82. The molecule has 1 aliphatic heterocycles. The molecular formula is C30H32F6O4. The Bertz CT molecular complexity index is 1250. The van der Waals surface area contributed by atoms with E-state index in [2.05, 4.69) is 4.74 Å². The second-order valence-electron chi connectivity index (χ2n) is 10.0. The van der Waals surface area contributed by atoms with E-state index in [-0.39, 0.29) is 24.7 Å². The molecule has 218 valence electrons. The second kappa shape index (κ2) is 13.7. The average molecular weight is 571 g/mol. The third-order valence-electron chi connectivity index (χ3n) is 6.88. The highest BCUT2D eigenvalue weighted by Gasteiger charge is 2.30. The summed E-state index contributed by atoms with van der Waals surface area (Å²) in [7, 11) is 1.69. The summed E-state index contributed by atoms with van der Waals surface area (Å²) in [6.45, 7) is 0.248. The molecular weight excluding hydrogens is 538 g/mol. The summed E-state index contributed by atoms with van der Waals surface area (Å²) in [5.74, 6) is -3.61. The molecule has 0 saturated carbocycles. The summed E-state index contributed by atoms with van der Waals surface area (Å²) in [5.41, 5.74) is 1.56. The van der Waals surface area contributed by atoms with Crippen LogP contribution in [0.25, 0.3) is 10.8 Å². The zero-order valence-corrected chi connectivity index (χ0v) is 22.2. The number of rotatable bonds is 12. The summed E-state index contributed by atoms with van der Waals surface area (Å²) in [6.07, 6.45) is -1.40. The Kier molecular flexibility index (Phi) is 10.3. The molecule has 0 aromatic heterocycles. The molecule has 1 aliphatic rings. The lowest BCUT2D eigenvalue weighted by molar-refractivity contribution is -0.203. The first-order chi connectivity index (χ1) is 19.1. The Morgan fingerprint density at radius 1 is 0.850 bits per heavy atom. The van der Waals surface area contributed by atoms with Gasteiger partial charge in [-0.2, -0.15) is 13.2 Å². The number of ether oxygens (including phenoxy) is 4. The Morgan fingerprint density at radius 2 is 1.57 bits per heavy atom. The molecule has 10 heteroatoms. The van der Waals surface area contributed by atoms with Crippen LogP contribution in [0.1, 0.15) is 36.0 Å². The van der Waals surface area contributed by atoms with Gasteiger partial charge in [-0.05, 0) is 66.3 Å². The lowest BCUT2D eigenvalue weighted by Gasteiger charge is -2.29. The monoisotopic (exact) mass is 570 g/mol. The van der Waals surface area contributed by atoms with E-state index in [0.717, 1.165) is 42.5 Å². The van der Waals surface area contributed by atoms with Crippen molar-refractivity contribution in [3.05, 3.63) is 76.6 Å². The quantitative estimate of drug-likeness (QED) is 0.169. The van der Waals surface area contributed by atoms with E-state index in [0.29, 0.717) is 42.9 Å². The van der Waals surface area contributed by atoms with Gasteiger partial charge in [0.2, 0.25) is 0 Å². The standard InChI is InChI=1S/C30H32F6O4/c1-37-12-2-3-21-16-38-27(39-17-21)11-6-19-5-10-24-23(13-19)9-8-22(28(24)33)7-4-20-14-25(31)29(26(32)15-20)40-18-30(34,35)36/h5,8-10,13-15,21,27H,2-4,6-7,11-12,16-18H2,1H3. The van der Waals surface area contributed by atoms with Gasteiger partial charge >= 0.3 is 6.18 Å². The van der Waals surface area contributed by atoms with E-state index in [9.17, 15) is 22.0 Å². The van der Waals surface area contributed by atoms with Crippen molar-refractivity contribution < 1.29 is 45.3 Å². The molecule has 3 aromatic rings. The summed E-state index contributed by atoms with van der Waals surface area (Å²) >= 11 is 0. The molecule has 1 saturated heterocycles. The maximum atomic E-state index is 15.2. The topological polar surface area (TPSA) is 36.9 Å². The number of benzene rings is 3. The smallest absolute Gasteiger partial charge is 0.422 e. The lowest BCUT2D eigenvalue weighted by atomic mass is 9.98. The zero-order chi connectivity index (χ0) is 28.7. The fourth-order valence-electron chi connectivity index (χ4n) is 4.78. The number of hydrogen-bond donors (Lipinski definition) is 0. The van der Waals surface area contributed by atoms with Gasteiger partial charge in [0.1, 0.15) is 5.82 Å². The van der Waals surface area contributed by atoms with Gasteiger partial charge in [0, 0.05) is 31.4 Å². The molecule has 0 spiro atoms. The molecule has 0 bridgehead atoms. The molecule has 3 aromatic carbocycles. The first kappa shape index (κ1) is 30.1. The summed E-state index contributed by atoms with van der Waals surface area (Å²) < 4.78 is 102. The minimum Gasteiger partial charge on any atom is -0.478 e. The SMILES string of the molecule is COCCCC1COC(CCc2ccc3c(F)c(CCc4cc(F)c(OCC(F)(F)F)c(F)c4)ccc3c2)OC1. The van der Waals surface area contributed by atoms with Crippen molar-refractivity contribution >= 4 is 10.8 Å². The molecule has 0 unspecified atom stereocenters. The van der Waals surface area contributed by atoms with Gasteiger partial charge in [0.15, 0.2) is 30.3 Å². The van der Waals surface area contributed by atoms with Crippen LogP contribution in [-0.2, 0) is 33.5 Å². The first-order valence-corrected chi connectivity index (χ1v) is 13.2. The number of alkyl halides is 3. The highest BCUT2D eigenvalue weighted by molar-refractivity contribution is 5.84. The molecule has 0 aliphatic carbocycles. The van der Waals surface area contributed by atoms with E-state index in [4.69, 9.17) is 14.2 Å². The third-order valence-corrected chi connectivity index (χ3v) is 6.88. The second-order valence-corrected chi connectivity index (χ2v) is 10.0. The van der Waals surface area contributed by atoms with Gasteiger partial charge in [0.05, 0.1) is 13.2 Å². The van der Waals surface area contributed by atoms with Gasteiger partial charge in [0.25, 0.3) is 0 Å². The van der Waals surface area contributed by atoms with Gasteiger partial charge in [-0.1, -0.05) is 30.3 Å². The maximum absolute atomic E-state index is 15.2. The summed E-state index contributed by atoms with van der Waals surface area (Å²) in [4.78, 5) is 0. The third kappa shape index (κ3) is 8.34. The van der Waals surface area contributed by atoms with Crippen LogP contribution in [0.4, 0.5) is 26.3 Å². The van der Waals surface area contributed by atoms with Crippen molar-refractivity contribution in [3.8, 4) is 5.75 Å². The minimum atomic E-state index is -4.72. The Balaban J connectivity index is 1.32. The van der Waals surface area contributed by atoms with Crippen molar-refractivity contribution in [2.75, 3.05) is 33.5 Å². The molecule has 0 amide bonds. The predicted molar refractivity (Wildman–Crippen MR) is 138 cm³/mol. The minimum absolute atomic E-state index is 0.0858. The highest BCUT2D eigenvalue weighted by Crippen LogP contribution is 2.28. The van der Waals surface area contributed by atoms with Crippen LogP contribution in [0.5, 0.6) is 5.75 Å². The normalized spacial score (nSPS) is 17.9. The summed E-state index contributed by atoms with van der Waals surface area (Å²) in [6, 6.07) is 10.7.